The van der Waals surface area contributed by atoms with Gasteiger partial charge in [-0.1, -0.05) is 6.07 Å². The minimum Gasteiger partial charge on any atom is -0.475 e. The molecule has 4 nitrogen and oxygen atoms in total. The minimum atomic E-state index is -0.203. The molecule has 1 aromatic heterocycles. The third kappa shape index (κ3) is 4.70. The standard InChI is InChI=1S/C16H20FN3O/c1-11(2)21-15-7-9-19-16(20-15)18-8-6-13-4-5-14(17)10-12(13)3/h4-5,7,9-11H,6,8H2,1-3H3,(H,18,19,20). The first-order valence-electron chi connectivity index (χ1n) is 7.03. The van der Waals surface area contributed by atoms with E-state index < -0.39 is 0 Å². The van der Waals surface area contributed by atoms with E-state index in [2.05, 4.69) is 15.3 Å². The fourth-order valence-corrected chi connectivity index (χ4v) is 1.98. The molecule has 0 saturated carbocycles. The largest absolute Gasteiger partial charge is 0.475 e. The van der Waals surface area contributed by atoms with Gasteiger partial charge in [0.05, 0.1) is 6.10 Å². The van der Waals surface area contributed by atoms with E-state index in [1.807, 2.05) is 26.8 Å². The van der Waals surface area contributed by atoms with Gasteiger partial charge in [0.2, 0.25) is 11.8 Å². The molecule has 1 N–H and O–H groups in total. The van der Waals surface area contributed by atoms with Crippen LogP contribution in [0.3, 0.4) is 0 Å². The average molecular weight is 289 g/mol. The van der Waals surface area contributed by atoms with Gasteiger partial charge in [-0.3, -0.25) is 0 Å². The first-order valence-corrected chi connectivity index (χ1v) is 7.03. The minimum absolute atomic E-state index is 0.0783. The highest BCUT2D eigenvalue weighted by Gasteiger charge is 2.03. The second kappa shape index (κ2) is 7.02. The number of halogens is 1. The van der Waals surface area contributed by atoms with Crippen LogP contribution in [0, 0.1) is 12.7 Å². The van der Waals surface area contributed by atoms with Gasteiger partial charge in [-0.05, 0) is 50.5 Å². The lowest BCUT2D eigenvalue weighted by Gasteiger charge is -2.10. The summed E-state index contributed by atoms with van der Waals surface area (Å²) in [5.74, 6) is 0.888. The Morgan fingerprint density at radius 3 is 2.81 bits per heavy atom. The molecule has 5 heteroatoms. The summed E-state index contributed by atoms with van der Waals surface area (Å²) >= 11 is 0. The van der Waals surface area contributed by atoms with Gasteiger partial charge >= 0.3 is 0 Å². The Morgan fingerprint density at radius 1 is 1.29 bits per heavy atom. The van der Waals surface area contributed by atoms with Crippen LogP contribution in [0.15, 0.2) is 30.5 Å². The fourth-order valence-electron chi connectivity index (χ4n) is 1.98. The fraction of sp³-hybridized carbons (Fsp3) is 0.375. The lowest BCUT2D eigenvalue weighted by Crippen LogP contribution is -2.11. The van der Waals surface area contributed by atoms with Crippen LogP contribution in [-0.4, -0.2) is 22.6 Å². The first kappa shape index (κ1) is 15.2. The average Bonchev–Trinajstić information content (AvgIpc) is 2.41. The molecule has 0 atom stereocenters. The van der Waals surface area contributed by atoms with Gasteiger partial charge in [-0.15, -0.1) is 0 Å². The van der Waals surface area contributed by atoms with Crippen LogP contribution in [0.5, 0.6) is 5.88 Å². The molecule has 0 spiro atoms. The Morgan fingerprint density at radius 2 is 2.10 bits per heavy atom. The van der Waals surface area contributed by atoms with Crippen molar-refractivity contribution in [3.8, 4) is 5.88 Å². The van der Waals surface area contributed by atoms with Crippen molar-refractivity contribution >= 4 is 5.95 Å². The van der Waals surface area contributed by atoms with E-state index in [1.54, 1.807) is 18.3 Å². The summed E-state index contributed by atoms with van der Waals surface area (Å²) in [6.07, 6.45) is 2.52. The molecular formula is C16H20FN3O. The van der Waals surface area contributed by atoms with Gasteiger partial charge < -0.3 is 10.1 Å². The smallest absolute Gasteiger partial charge is 0.225 e. The van der Waals surface area contributed by atoms with Gasteiger partial charge in [0.15, 0.2) is 0 Å². The second-order valence-electron chi connectivity index (χ2n) is 5.13. The molecule has 0 aliphatic carbocycles. The van der Waals surface area contributed by atoms with Crippen LogP contribution >= 0.6 is 0 Å². The van der Waals surface area contributed by atoms with Crippen molar-refractivity contribution in [2.75, 3.05) is 11.9 Å². The Hall–Kier alpha value is -2.17. The van der Waals surface area contributed by atoms with Crippen molar-refractivity contribution in [2.45, 2.75) is 33.3 Å². The quantitative estimate of drug-likeness (QED) is 0.885. The van der Waals surface area contributed by atoms with Crippen LogP contribution in [0.1, 0.15) is 25.0 Å². The van der Waals surface area contributed by atoms with Crippen molar-refractivity contribution in [2.24, 2.45) is 0 Å². The Kier molecular flexibility index (Phi) is 5.09. The molecule has 0 saturated heterocycles. The highest BCUT2D eigenvalue weighted by atomic mass is 19.1. The van der Waals surface area contributed by atoms with Crippen LogP contribution in [0.25, 0.3) is 0 Å². The molecule has 2 rings (SSSR count). The highest BCUT2D eigenvalue weighted by Crippen LogP contribution is 2.12. The zero-order chi connectivity index (χ0) is 15.2. The van der Waals surface area contributed by atoms with E-state index in [0.29, 0.717) is 18.4 Å². The highest BCUT2D eigenvalue weighted by molar-refractivity contribution is 5.30. The number of aryl methyl sites for hydroxylation is 1. The zero-order valence-corrected chi connectivity index (χ0v) is 12.6. The number of benzene rings is 1. The van der Waals surface area contributed by atoms with Crippen molar-refractivity contribution in [3.05, 3.63) is 47.4 Å². The summed E-state index contributed by atoms with van der Waals surface area (Å²) in [5, 5.41) is 3.15. The summed E-state index contributed by atoms with van der Waals surface area (Å²) in [6.45, 7) is 6.49. The Balaban J connectivity index is 1.91. The molecule has 1 aromatic carbocycles. The van der Waals surface area contributed by atoms with Gasteiger partial charge in [0.1, 0.15) is 5.82 Å². The van der Waals surface area contributed by atoms with Crippen molar-refractivity contribution in [1.82, 2.24) is 9.97 Å². The van der Waals surface area contributed by atoms with Gasteiger partial charge in [0.25, 0.3) is 0 Å². The predicted octanol–water partition coefficient (Wildman–Crippen LogP) is 3.37. The van der Waals surface area contributed by atoms with Gasteiger partial charge in [0, 0.05) is 18.8 Å². The summed E-state index contributed by atoms with van der Waals surface area (Å²) < 4.78 is 18.6. The van der Waals surface area contributed by atoms with E-state index >= 15 is 0 Å². The molecule has 0 unspecified atom stereocenters. The molecule has 0 bridgehead atoms. The second-order valence-corrected chi connectivity index (χ2v) is 5.13. The third-order valence-corrected chi connectivity index (χ3v) is 2.97. The van der Waals surface area contributed by atoms with Crippen molar-refractivity contribution in [3.63, 3.8) is 0 Å². The van der Waals surface area contributed by atoms with E-state index in [4.69, 9.17) is 4.74 Å². The number of anilines is 1. The van der Waals surface area contributed by atoms with E-state index in [9.17, 15) is 4.39 Å². The number of aromatic nitrogens is 2. The van der Waals surface area contributed by atoms with Gasteiger partial charge in [-0.2, -0.15) is 4.98 Å². The predicted molar refractivity (Wildman–Crippen MR) is 81.1 cm³/mol. The number of hydrogen-bond donors (Lipinski definition) is 1. The van der Waals surface area contributed by atoms with E-state index in [-0.39, 0.29) is 11.9 Å². The molecule has 21 heavy (non-hydrogen) atoms. The zero-order valence-electron chi connectivity index (χ0n) is 12.6. The number of hydrogen-bond acceptors (Lipinski definition) is 4. The lowest BCUT2D eigenvalue weighted by molar-refractivity contribution is 0.232. The maximum Gasteiger partial charge on any atom is 0.225 e. The molecule has 0 aliphatic rings. The molecule has 112 valence electrons. The van der Waals surface area contributed by atoms with Crippen LogP contribution in [-0.2, 0) is 6.42 Å². The van der Waals surface area contributed by atoms with Crippen LogP contribution in [0.4, 0.5) is 10.3 Å². The number of ether oxygens (including phenoxy) is 1. The number of nitrogens with zero attached hydrogens (tertiary/aromatic N) is 2. The Bertz CT molecular complexity index is 602. The maximum atomic E-state index is 13.0. The molecule has 2 aromatic rings. The summed E-state index contributed by atoms with van der Waals surface area (Å²) in [7, 11) is 0. The summed E-state index contributed by atoms with van der Waals surface area (Å²) in [5.41, 5.74) is 2.06. The van der Waals surface area contributed by atoms with Crippen molar-refractivity contribution < 1.29 is 9.13 Å². The molecule has 0 amide bonds. The van der Waals surface area contributed by atoms with Crippen LogP contribution < -0.4 is 10.1 Å². The first-order chi connectivity index (χ1) is 10.0. The lowest BCUT2D eigenvalue weighted by atomic mass is 10.1. The molecular weight excluding hydrogens is 269 g/mol. The summed E-state index contributed by atoms with van der Waals surface area (Å²) in [6, 6.07) is 6.57. The topological polar surface area (TPSA) is 47.0 Å². The third-order valence-electron chi connectivity index (χ3n) is 2.97. The SMILES string of the molecule is Cc1cc(F)ccc1CCNc1nccc(OC(C)C)n1. The van der Waals surface area contributed by atoms with E-state index in [1.165, 1.54) is 6.07 Å². The van der Waals surface area contributed by atoms with Crippen molar-refractivity contribution in [1.29, 1.82) is 0 Å². The summed E-state index contributed by atoms with van der Waals surface area (Å²) in [4.78, 5) is 8.43. The monoisotopic (exact) mass is 289 g/mol. The van der Waals surface area contributed by atoms with E-state index in [0.717, 1.165) is 17.5 Å². The molecule has 0 radical (unpaired) electrons. The van der Waals surface area contributed by atoms with Gasteiger partial charge in [-0.25, -0.2) is 9.37 Å². The molecule has 1 heterocycles. The number of nitrogens with one attached hydrogen (secondary N) is 1. The molecule has 0 fully saturated rings. The molecule has 0 aliphatic heterocycles. The Labute approximate surface area is 124 Å². The maximum absolute atomic E-state index is 13.0. The number of rotatable bonds is 6. The van der Waals surface area contributed by atoms with Crippen LogP contribution in [0.2, 0.25) is 0 Å². The normalized spacial score (nSPS) is 10.7.